The third-order valence-corrected chi connectivity index (χ3v) is 2.33. The summed E-state index contributed by atoms with van der Waals surface area (Å²) in [5, 5.41) is 18.8. The lowest BCUT2D eigenvalue weighted by molar-refractivity contribution is 0.103. The standard InChI is InChI=1S/C14H16O3/c1-3-5-6-10(4-2)14(17)12-8-7-11(15)9-13(12)16/h4-9,15-16H,3H2,1-2H3/b6-5-,10-4+. The summed E-state index contributed by atoms with van der Waals surface area (Å²) in [5.74, 6) is -0.529. The van der Waals surface area contributed by atoms with Crippen molar-refractivity contribution in [3.63, 3.8) is 0 Å². The number of ketones is 1. The number of carbonyl (C=O) groups excluding carboxylic acids is 1. The van der Waals surface area contributed by atoms with E-state index >= 15 is 0 Å². The van der Waals surface area contributed by atoms with Crippen LogP contribution in [0.4, 0.5) is 0 Å². The minimum Gasteiger partial charge on any atom is -0.508 e. The SMILES string of the molecule is C/C=C(\C=C/CC)C(=O)c1ccc(O)cc1O. The Bertz CT molecular complexity index is 470. The molecule has 1 aromatic rings. The van der Waals surface area contributed by atoms with Crippen molar-refractivity contribution in [2.24, 2.45) is 0 Å². The second-order valence-corrected chi connectivity index (χ2v) is 3.59. The van der Waals surface area contributed by atoms with Crippen molar-refractivity contribution < 1.29 is 15.0 Å². The van der Waals surface area contributed by atoms with Gasteiger partial charge in [0, 0.05) is 11.6 Å². The fourth-order valence-electron chi connectivity index (χ4n) is 1.42. The topological polar surface area (TPSA) is 57.5 Å². The quantitative estimate of drug-likeness (QED) is 0.476. The Morgan fingerprint density at radius 2 is 2.06 bits per heavy atom. The van der Waals surface area contributed by atoms with Crippen LogP contribution in [0.15, 0.2) is 42.0 Å². The number of Topliss-reactive ketones (excluding diaryl/α,β-unsaturated/α-hetero) is 1. The molecule has 0 amide bonds. The van der Waals surface area contributed by atoms with E-state index in [1.807, 2.05) is 13.0 Å². The molecule has 0 aliphatic carbocycles. The number of phenols is 2. The summed E-state index contributed by atoms with van der Waals surface area (Å²) in [5.41, 5.74) is 0.712. The lowest BCUT2D eigenvalue weighted by Crippen LogP contribution is -2.01. The Kier molecular flexibility index (Phi) is 4.52. The summed E-state index contributed by atoms with van der Waals surface area (Å²) < 4.78 is 0. The fraction of sp³-hybridized carbons (Fsp3) is 0.214. The van der Waals surface area contributed by atoms with E-state index in [-0.39, 0.29) is 22.8 Å². The van der Waals surface area contributed by atoms with Crippen LogP contribution in [0.5, 0.6) is 11.5 Å². The van der Waals surface area contributed by atoms with Crippen LogP contribution in [-0.4, -0.2) is 16.0 Å². The predicted molar refractivity (Wildman–Crippen MR) is 67.3 cm³/mol. The number of phenolic OH excluding ortho intramolecular Hbond substituents is 2. The number of allylic oxidation sites excluding steroid dienone is 4. The van der Waals surface area contributed by atoms with Crippen molar-refractivity contribution in [1.82, 2.24) is 0 Å². The highest BCUT2D eigenvalue weighted by Gasteiger charge is 2.13. The molecule has 0 saturated carbocycles. The highest BCUT2D eigenvalue weighted by molar-refractivity contribution is 6.12. The number of carbonyl (C=O) groups is 1. The average molecular weight is 232 g/mol. The van der Waals surface area contributed by atoms with E-state index in [2.05, 4.69) is 0 Å². The third-order valence-electron chi connectivity index (χ3n) is 2.33. The minimum atomic E-state index is -0.255. The highest BCUT2D eigenvalue weighted by atomic mass is 16.3. The van der Waals surface area contributed by atoms with Crippen LogP contribution in [0.25, 0.3) is 0 Å². The second kappa shape index (κ2) is 5.89. The zero-order valence-electron chi connectivity index (χ0n) is 9.97. The van der Waals surface area contributed by atoms with E-state index in [9.17, 15) is 9.90 Å². The molecule has 0 unspecified atom stereocenters. The lowest BCUT2D eigenvalue weighted by Gasteiger charge is -2.04. The van der Waals surface area contributed by atoms with Gasteiger partial charge in [-0.1, -0.05) is 25.2 Å². The Morgan fingerprint density at radius 1 is 1.35 bits per heavy atom. The van der Waals surface area contributed by atoms with Gasteiger partial charge in [0.2, 0.25) is 0 Å². The normalized spacial score (nSPS) is 12.0. The van der Waals surface area contributed by atoms with Crippen molar-refractivity contribution in [2.75, 3.05) is 0 Å². The molecule has 0 bridgehead atoms. The zero-order chi connectivity index (χ0) is 12.8. The molecule has 0 atom stereocenters. The van der Waals surface area contributed by atoms with Gasteiger partial charge in [-0.3, -0.25) is 4.79 Å². The second-order valence-electron chi connectivity index (χ2n) is 3.59. The van der Waals surface area contributed by atoms with Crippen LogP contribution in [0.3, 0.4) is 0 Å². The molecular weight excluding hydrogens is 216 g/mol. The smallest absolute Gasteiger partial charge is 0.196 e. The van der Waals surface area contributed by atoms with E-state index in [1.54, 1.807) is 19.1 Å². The number of aromatic hydroxyl groups is 2. The summed E-state index contributed by atoms with van der Waals surface area (Å²) in [7, 11) is 0. The Balaban J connectivity index is 3.07. The van der Waals surface area contributed by atoms with Crippen molar-refractivity contribution in [3.05, 3.63) is 47.6 Å². The molecular formula is C14H16O3. The van der Waals surface area contributed by atoms with Gasteiger partial charge in [0.1, 0.15) is 11.5 Å². The van der Waals surface area contributed by atoms with Crippen LogP contribution < -0.4 is 0 Å². The number of rotatable bonds is 4. The van der Waals surface area contributed by atoms with Crippen molar-refractivity contribution >= 4 is 5.78 Å². The molecule has 0 aliphatic heterocycles. The average Bonchev–Trinajstić information content (AvgIpc) is 2.29. The molecule has 3 nitrogen and oxygen atoms in total. The van der Waals surface area contributed by atoms with Crippen LogP contribution >= 0.6 is 0 Å². The maximum atomic E-state index is 12.1. The van der Waals surface area contributed by atoms with E-state index in [1.165, 1.54) is 12.1 Å². The van der Waals surface area contributed by atoms with Gasteiger partial charge in [0.05, 0.1) is 5.56 Å². The highest BCUT2D eigenvalue weighted by Crippen LogP contribution is 2.25. The van der Waals surface area contributed by atoms with Crippen molar-refractivity contribution in [1.29, 1.82) is 0 Å². The zero-order valence-corrected chi connectivity index (χ0v) is 9.97. The Hall–Kier alpha value is -2.03. The van der Waals surface area contributed by atoms with Crippen molar-refractivity contribution in [3.8, 4) is 11.5 Å². The molecule has 1 aromatic carbocycles. The first-order chi connectivity index (χ1) is 8.10. The van der Waals surface area contributed by atoms with Gasteiger partial charge in [-0.25, -0.2) is 0 Å². The molecule has 0 spiro atoms. The summed E-state index contributed by atoms with van der Waals surface area (Å²) in [4.78, 5) is 12.1. The van der Waals surface area contributed by atoms with Gasteiger partial charge in [-0.05, 0) is 25.5 Å². The lowest BCUT2D eigenvalue weighted by atomic mass is 10.0. The van der Waals surface area contributed by atoms with Crippen LogP contribution in [-0.2, 0) is 0 Å². The molecule has 90 valence electrons. The molecule has 1 rings (SSSR count). The minimum absolute atomic E-state index is 0.0646. The molecule has 3 heteroatoms. The number of hydrogen-bond donors (Lipinski definition) is 2. The molecule has 0 radical (unpaired) electrons. The van der Waals surface area contributed by atoms with Crippen LogP contribution in [0.1, 0.15) is 30.6 Å². The first kappa shape index (κ1) is 13.0. The molecule has 0 fully saturated rings. The summed E-state index contributed by atoms with van der Waals surface area (Å²) in [6, 6.07) is 3.95. The summed E-state index contributed by atoms with van der Waals surface area (Å²) in [6.45, 7) is 3.75. The van der Waals surface area contributed by atoms with Crippen LogP contribution in [0.2, 0.25) is 0 Å². The summed E-state index contributed by atoms with van der Waals surface area (Å²) >= 11 is 0. The van der Waals surface area contributed by atoms with Crippen molar-refractivity contribution in [2.45, 2.75) is 20.3 Å². The first-order valence-corrected chi connectivity index (χ1v) is 5.49. The number of benzene rings is 1. The molecule has 2 N–H and O–H groups in total. The van der Waals surface area contributed by atoms with Gasteiger partial charge < -0.3 is 10.2 Å². The maximum absolute atomic E-state index is 12.1. The van der Waals surface area contributed by atoms with E-state index < -0.39 is 0 Å². The van der Waals surface area contributed by atoms with Gasteiger partial charge in [-0.2, -0.15) is 0 Å². The van der Waals surface area contributed by atoms with E-state index in [0.29, 0.717) is 5.57 Å². The summed E-state index contributed by atoms with van der Waals surface area (Å²) in [6.07, 6.45) is 6.15. The first-order valence-electron chi connectivity index (χ1n) is 5.49. The maximum Gasteiger partial charge on any atom is 0.196 e. The molecule has 0 aliphatic rings. The van der Waals surface area contributed by atoms with Gasteiger partial charge in [0.15, 0.2) is 5.78 Å². The van der Waals surface area contributed by atoms with Gasteiger partial charge in [0.25, 0.3) is 0 Å². The number of hydrogen-bond acceptors (Lipinski definition) is 3. The predicted octanol–water partition coefficient (Wildman–Crippen LogP) is 3.19. The Labute approximate surface area is 101 Å². The molecule has 0 aromatic heterocycles. The Morgan fingerprint density at radius 3 is 2.59 bits per heavy atom. The van der Waals surface area contributed by atoms with Gasteiger partial charge >= 0.3 is 0 Å². The molecule has 0 heterocycles. The molecule has 17 heavy (non-hydrogen) atoms. The molecule has 0 saturated heterocycles. The van der Waals surface area contributed by atoms with E-state index in [4.69, 9.17) is 5.11 Å². The van der Waals surface area contributed by atoms with Crippen LogP contribution in [0, 0.1) is 0 Å². The largest absolute Gasteiger partial charge is 0.508 e. The van der Waals surface area contributed by atoms with Gasteiger partial charge in [-0.15, -0.1) is 0 Å². The monoisotopic (exact) mass is 232 g/mol. The fourth-order valence-corrected chi connectivity index (χ4v) is 1.42. The third kappa shape index (κ3) is 3.21. The van der Waals surface area contributed by atoms with E-state index in [0.717, 1.165) is 12.5 Å².